The van der Waals surface area contributed by atoms with Crippen LogP contribution in [0.1, 0.15) is 130 Å². The third-order valence-corrected chi connectivity index (χ3v) is 8.09. The monoisotopic (exact) mass is 418 g/mol. The van der Waals surface area contributed by atoms with Crippen LogP contribution in [0.4, 0.5) is 0 Å². The normalized spacial score (nSPS) is 31.6. The van der Waals surface area contributed by atoms with E-state index in [-0.39, 0.29) is 11.5 Å². The van der Waals surface area contributed by atoms with Gasteiger partial charge < -0.3 is 10.6 Å². The zero-order chi connectivity index (χ0) is 21.5. The number of rotatable bonds is 3. The summed E-state index contributed by atoms with van der Waals surface area (Å²) in [7, 11) is 0. The Morgan fingerprint density at radius 3 is 2.17 bits per heavy atom. The molecule has 3 rings (SSSR count). The number of carbonyl (C=O) groups excluding carboxylic acids is 1. The Kier molecular flexibility index (Phi) is 9.10. The summed E-state index contributed by atoms with van der Waals surface area (Å²) in [6.07, 6.45) is 22.0. The molecule has 2 aliphatic carbocycles. The van der Waals surface area contributed by atoms with E-state index in [0.29, 0.717) is 17.4 Å². The largest absolute Gasteiger partial charge is 0.353 e. The Hall–Kier alpha value is -0.570. The highest BCUT2D eigenvalue weighted by Gasteiger charge is 2.38. The predicted molar refractivity (Wildman–Crippen MR) is 128 cm³/mol. The molecule has 3 unspecified atom stereocenters. The number of hydrogen-bond acceptors (Lipinski definition) is 2. The maximum atomic E-state index is 13.3. The van der Waals surface area contributed by atoms with Crippen LogP contribution < -0.4 is 10.6 Å². The van der Waals surface area contributed by atoms with E-state index in [1.54, 1.807) is 0 Å². The summed E-state index contributed by atoms with van der Waals surface area (Å²) in [5.74, 6) is 1.37. The summed E-state index contributed by atoms with van der Waals surface area (Å²) in [4.78, 5) is 13.3. The molecule has 3 fully saturated rings. The highest BCUT2D eigenvalue weighted by molar-refractivity contribution is 5.79. The summed E-state index contributed by atoms with van der Waals surface area (Å²) < 4.78 is 0. The molecule has 2 saturated carbocycles. The number of nitrogens with one attached hydrogen (secondary N) is 2. The molecule has 30 heavy (non-hydrogen) atoms. The van der Waals surface area contributed by atoms with Gasteiger partial charge in [-0.25, -0.2) is 0 Å². The van der Waals surface area contributed by atoms with Gasteiger partial charge in [-0.15, -0.1) is 0 Å². The second kappa shape index (κ2) is 11.3. The van der Waals surface area contributed by atoms with Gasteiger partial charge in [0.25, 0.3) is 0 Å². The van der Waals surface area contributed by atoms with E-state index in [4.69, 9.17) is 0 Å². The first kappa shape index (κ1) is 24.1. The van der Waals surface area contributed by atoms with E-state index in [1.807, 2.05) is 0 Å². The van der Waals surface area contributed by atoms with Crippen LogP contribution >= 0.6 is 0 Å². The molecule has 1 saturated heterocycles. The van der Waals surface area contributed by atoms with Gasteiger partial charge in [0.15, 0.2) is 0 Å². The van der Waals surface area contributed by atoms with Crippen molar-refractivity contribution in [3.8, 4) is 0 Å². The van der Waals surface area contributed by atoms with Gasteiger partial charge in [-0.3, -0.25) is 4.79 Å². The van der Waals surface area contributed by atoms with Crippen molar-refractivity contribution in [3.63, 3.8) is 0 Å². The van der Waals surface area contributed by atoms with Crippen LogP contribution in [0.2, 0.25) is 0 Å². The molecule has 3 heteroatoms. The van der Waals surface area contributed by atoms with Crippen LogP contribution in [0.3, 0.4) is 0 Å². The van der Waals surface area contributed by atoms with E-state index < -0.39 is 0 Å². The Balaban J connectivity index is 1.53. The molecular formula is C27H50N2O. The van der Waals surface area contributed by atoms with Crippen LogP contribution in [0.15, 0.2) is 0 Å². The lowest BCUT2D eigenvalue weighted by Gasteiger charge is -2.43. The zero-order valence-electron chi connectivity index (χ0n) is 20.4. The Bertz CT molecular complexity index is 511. The number of piperidine rings is 1. The summed E-state index contributed by atoms with van der Waals surface area (Å²) in [5, 5.41) is 7.43. The SMILES string of the molecule is CC(C)(C)CC1CCCC(NC(=O)C2CCNC3(CCCCCCCCCC3)C2)C1. The average Bonchev–Trinajstić information content (AvgIpc) is 2.73. The van der Waals surface area contributed by atoms with Gasteiger partial charge in [-0.2, -0.15) is 0 Å². The van der Waals surface area contributed by atoms with Gasteiger partial charge in [-0.1, -0.05) is 85.0 Å². The quantitative estimate of drug-likeness (QED) is 0.532. The van der Waals surface area contributed by atoms with Gasteiger partial charge in [0, 0.05) is 17.5 Å². The molecule has 1 amide bonds. The van der Waals surface area contributed by atoms with Gasteiger partial charge in [-0.05, 0) is 62.8 Å². The van der Waals surface area contributed by atoms with Crippen molar-refractivity contribution in [2.24, 2.45) is 17.3 Å². The van der Waals surface area contributed by atoms with Crippen molar-refractivity contribution < 1.29 is 4.79 Å². The number of amides is 1. The van der Waals surface area contributed by atoms with Crippen LogP contribution in [0.25, 0.3) is 0 Å². The molecule has 0 aromatic rings. The molecule has 1 heterocycles. The Morgan fingerprint density at radius 2 is 1.53 bits per heavy atom. The van der Waals surface area contributed by atoms with E-state index >= 15 is 0 Å². The minimum Gasteiger partial charge on any atom is -0.353 e. The summed E-state index contributed by atoms with van der Waals surface area (Å²) >= 11 is 0. The molecule has 1 aliphatic heterocycles. The molecule has 0 radical (unpaired) electrons. The maximum absolute atomic E-state index is 13.3. The smallest absolute Gasteiger partial charge is 0.223 e. The first-order valence-corrected chi connectivity index (χ1v) is 13.4. The highest BCUT2D eigenvalue weighted by Crippen LogP contribution is 2.36. The molecule has 3 atom stereocenters. The third-order valence-electron chi connectivity index (χ3n) is 8.09. The lowest BCUT2D eigenvalue weighted by Crippen LogP contribution is -2.54. The predicted octanol–water partition coefficient (Wildman–Crippen LogP) is 6.75. The highest BCUT2D eigenvalue weighted by atomic mass is 16.1. The molecular weight excluding hydrogens is 368 g/mol. The zero-order valence-corrected chi connectivity index (χ0v) is 20.4. The van der Waals surface area contributed by atoms with Crippen molar-refractivity contribution in [2.45, 2.75) is 142 Å². The first-order chi connectivity index (χ1) is 14.4. The van der Waals surface area contributed by atoms with Crippen molar-refractivity contribution in [3.05, 3.63) is 0 Å². The van der Waals surface area contributed by atoms with Crippen molar-refractivity contribution >= 4 is 5.91 Å². The van der Waals surface area contributed by atoms with Crippen LogP contribution in [-0.2, 0) is 4.79 Å². The van der Waals surface area contributed by atoms with Crippen LogP contribution in [0.5, 0.6) is 0 Å². The summed E-state index contributed by atoms with van der Waals surface area (Å²) in [5.41, 5.74) is 0.624. The second-order valence-electron chi connectivity index (χ2n) is 12.2. The minimum absolute atomic E-state index is 0.222. The van der Waals surface area contributed by atoms with E-state index in [2.05, 4.69) is 31.4 Å². The maximum Gasteiger partial charge on any atom is 0.223 e. The van der Waals surface area contributed by atoms with Gasteiger partial charge >= 0.3 is 0 Å². The molecule has 2 N–H and O–H groups in total. The molecule has 3 nitrogen and oxygen atoms in total. The molecule has 0 aromatic heterocycles. The second-order valence-corrected chi connectivity index (χ2v) is 12.2. The number of carbonyl (C=O) groups is 1. The van der Waals surface area contributed by atoms with E-state index in [9.17, 15) is 4.79 Å². The Morgan fingerprint density at radius 1 is 0.900 bits per heavy atom. The number of hydrogen-bond donors (Lipinski definition) is 2. The molecule has 3 aliphatic rings. The molecule has 0 bridgehead atoms. The van der Waals surface area contributed by atoms with Crippen molar-refractivity contribution in [2.75, 3.05) is 6.54 Å². The lowest BCUT2D eigenvalue weighted by atomic mass is 9.74. The average molecular weight is 419 g/mol. The molecule has 0 aromatic carbocycles. The van der Waals surface area contributed by atoms with Crippen LogP contribution in [0, 0.1) is 17.3 Å². The van der Waals surface area contributed by atoms with Gasteiger partial charge in [0.2, 0.25) is 5.91 Å². The first-order valence-electron chi connectivity index (χ1n) is 13.4. The van der Waals surface area contributed by atoms with Crippen LogP contribution in [-0.4, -0.2) is 24.0 Å². The van der Waals surface area contributed by atoms with Crippen molar-refractivity contribution in [1.29, 1.82) is 0 Å². The van der Waals surface area contributed by atoms with Crippen molar-refractivity contribution in [1.82, 2.24) is 10.6 Å². The molecule has 174 valence electrons. The standard InChI is InChI=1S/C27H50N2O/c1-26(2,3)20-22-13-12-14-24(19-22)29-25(30)23-15-18-28-27(21-23)16-10-8-6-4-5-7-9-11-17-27/h22-24,28H,4-21H2,1-3H3,(H,29,30). The topological polar surface area (TPSA) is 41.1 Å². The van der Waals surface area contributed by atoms with Gasteiger partial charge in [0.1, 0.15) is 0 Å². The fourth-order valence-electron chi connectivity index (χ4n) is 6.67. The minimum atomic E-state index is 0.222. The fourth-order valence-corrected chi connectivity index (χ4v) is 6.67. The summed E-state index contributed by atoms with van der Waals surface area (Å²) in [6, 6.07) is 0.414. The summed E-state index contributed by atoms with van der Waals surface area (Å²) in [6.45, 7) is 8.08. The molecule has 1 spiro atoms. The fraction of sp³-hybridized carbons (Fsp3) is 0.963. The van der Waals surface area contributed by atoms with E-state index in [0.717, 1.165) is 25.3 Å². The van der Waals surface area contributed by atoms with Gasteiger partial charge in [0.05, 0.1) is 0 Å². The lowest BCUT2D eigenvalue weighted by molar-refractivity contribution is -0.128. The third kappa shape index (κ3) is 7.84. The Labute approximate surface area is 186 Å². The van der Waals surface area contributed by atoms with E-state index in [1.165, 1.54) is 96.3 Å².